The van der Waals surface area contributed by atoms with Gasteiger partial charge < -0.3 is 11.1 Å². The molecule has 3 rings (SSSR count). The van der Waals surface area contributed by atoms with Gasteiger partial charge in [-0.05, 0) is 46.3 Å². The molecule has 0 aliphatic carbocycles. The first-order valence-corrected chi connectivity index (χ1v) is 8.13. The Morgan fingerprint density at radius 3 is 2.80 bits per heavy atom. The highest BCUT2D eigenvalue weighted by Gasteiger charge is 2.11. The molecular formula is C17H14BrN5O2. The van der Waals surface area contributed by atoms with Crippen molar-refractivity contribution in [3.05, 3.63) is 69.1 Å². The highest BCUT2D eigenvalue weighted by molar-refractivity contribution is 9.10. The summed E-state index contributed by atoms with van der Waals surface area (Å²) in [4.78, 5) is 28.1. The number of amides is 1. The summed E-state index contributed by atoms with van der Waals surface area (Å²) in [7, 11) is 1.54. The Balaban J connectivity index is 2.14. The zero-order chi connectivity index (χ0) is 18.0. The van der Waals surface area contributed by atoms with Crippen molar-refractivity contribution in [2.45, 2.75) is 0 Å². The van der Waals surface area contributed by atoms with Crippen LogP contribution in [0.2, 0.25) is 0 Å². The number of nitrogen functional groups attached to an aromatic ring is 1. The molecule has 2 heterocycles. The van der Waals surface area contributed by atoms with Crippen LogP contribution < -0.4 is 16.6 Å². The monoisotopic (exact) mass is 399 g/mol. The zero-order valence-corrected chi connectivity index (χ0v) is 14.8. The Bertz CT molecular complexity index is 1020. The number of rotatable bonds is 3. The van der Waals surface area contributed by atoms with Gasteiger partial charge in [-0.15, -0.1) is 0 Å². The second-order valence-corrected chi connectivity index (χ2v) is 6.10. The highest BCUT2D eigenvalue weighted by atomic mass is 79.9. The second-order valence-electron chi connectivity index (χ2n) is 5.18. The van der Waals surface area contributed by atoms with E-state index in [1.54, 1.807) is 49.6 Å². The summed E-state index contributed by atoms with van der Waals surface area (Å²) >= 11 is 3.35. The van der Waals surface area contributed by atoms with Gasteiger partial charge in [0.15, 0.2) is 0 Å². The summed E-state index contributed by atoms with van der Waals surface area (Å²) < 4.78 is 1.97. The molecule has 126 valence electrons. The molecule has 25 heavy (non-hydrogen) atoms. The van der Waals surface area contributed by atoms with Gasteiger partial charge >= 0.3 is 0 Å². The van der Waals surface area contributed by atoms with Gasteiger partial charge in [0.1, 0.15) is 5.82 Å². The maximum absolute atomic E-state index is 12.2. The van der Waals surface area contributed by atoms with E-state index >= 15 is 0 Å². The molecule has 0 aliphatic heterocycles. The predicted octanol–water partition coefficient (Wildman–Crippen LogP) is 2.00. The van der Waals surface area contributed by atoms with Crippen molar-refractivity contribution < 1.29 is 4.79 Å². The number of nitrogens with two attached hydrogens (primary N) is 1. The van der Waals surface area contributed by atoms with E-state index in [0.717, 1.165) is 4.47 Å². The first kappa shape index (κ1) is 16.8. The van der Waals surface area contributed by atoms with Gasteiger partial charge in [0, 0.05) is 34.9 Å². The highest BCUT2D eigenvalue weighted by Crippen LogP contribution is 2.25. The van der Waals surface area contributed by atoms with Crippen LogP contribution in [0.4, 0.5) is 5.82 Å². The standard InChI is InChI=1S/C17H14BrN5O2/c1-20-17(25)10-3-2-4-12(7-10)23-15(24)6-5-14(22-23)13-8-11(18)9-21-16(13)19/h2-9H,1H3,(H2,19,21)(H,20,25). The lowest BCUT2D eigenvalue weighted by atomic mass is 10.1. The van der Waals surface area contributed by atoms with Crippen LogP contribution in [-0.4, -0.2) is 27.7 Å². The maximum atomic E-state index is 12.2. The van der Waals surface area contributed by atoms with Gasteiger partial charge in [-0.3, -0.25) is 9.59 Å². The van der Waals surface area contributed by atoms with Crippen molar-refractivity contribution >= 4 is 27.7 Å². The van der Waals surface area contributed by atoms with E-state index in [0.29, 0.717) is 28.3 Å². The molecule has 7 nitrogen and oxygen atoms in total. The number of benzene rings is 1. The SMILES string of the molecule is CNC(=O)c1cccc(-n2nc(-c3cc(Br)cnc3N)ccc2=O)c1. The number of aromatic nitrogens is 3. The Labute approximate surface area is 151 Å². The van der Waals surface area contributed by atoms with Crippen molar-refractivity contribution in [2.24, 2.45) is 0 Å². The lowest BCUT2D eigenvalue weighted by Crippen LogP contribution is -2.22. The van der Waals surface area contributed by atoms with Crippen molar-refractivity contribution in [3.8, 4) is 16.9 Å². The van der Waals surface area contributed by atoms with E-state index in [1.165, 1.54) is 10.7 Å². The van der Waals surface area contributed by atoms with Gasteiger partial charge in [-0.2, -0.15) is 9.78 Å². The average molecular weight is 400 g/mol. The Hall–Kier alpha value is -3.00. The first-order valence-electron chi connectivity index (χ1n) is 7.34. The van der Waals surface area contributed by atoms with Crippen LogP contribution in [0.3, 0.4) is 0 Å². The van der Waals surface area contributed by atoms with E-state index < -0.39 is 0 Å². The number of carbonyl (C=O) groups is 1. The van der Waals surface area contributed by atoms with Crippen molar-refractivity contribution in [3.63, 3.8) is 0 Å². The molecular weight excluding hydrogens is 386 g/mol. The van der Waals surface area contributed by atoms with Crippen molar-refractivity contribution in [1.29, 1.82) is 0 Å². The molecule has 0 bridgehead atoms. The molecule has 0 fully saturated rings. The van der Waals surface area contributed by atoms with Crippen molar-refractivity contribution in [1.82, 2.24) is 20.1 Å². The van der Waals surface area contributed by atoms with Crippen LogP contribution in [0, 0.1) is 0 Å². The third kappa shape index (κ3) is 3.43. The van der Waals surface area contributed by atoms with Gasteiger partial charge in [0.05, 0.1) is 11.4 Å². The van der Waals surface area contributed by atoms with Crippen molar-refractivity contribution in [2.75, 3.05) is 12.8 Å². The number of anilines is 1. The molecule has 3 N–H and O–H groups in total. The van der Waals surface area contributed by atoms with Crippen LogP contribution in [0.15, 0.2) is 57.9 Å². The third-order valence-electron chi connectivity index (χ3n) is 3.54. The molecule has 1 aromatic carbocycles. The minimum Gasteiger partial charge on any atom is -0.383 e. The number of pyridine rings is 1. The molecule has 0 atom stereocenters. The maximum Gasteiger partial charge on any atom is 0.271 e. The van der Waals surface area contributed by atoms with Gasteiger partial charge in [-0.25, -0.2) is 4.98 Å². The minimum absolute atomic E-state index is 0.244. The van der Waals surface area contributed by atoms with Crippen LogP contribution in [0.5, 0.6) is 0 Å². The van der Waals surface area contributed by atoms with Crippen LogP contribution >= 0.6 is 15.9 Å². The summed E-state index contributed by atoms with van der Waals surface area (Å²) in [6.45, 7) is 0. The topological polar surface area (TPSA) is 103 Å². The van der Waals surface area contributed by atoms with E-state index in [1.807, 2.05) is 0 Å². The Morgan fingerprint density at radius 1 is 1.24 bits per heavy atom. The number of nitrogens with zero attached hydrogens (tertiary/aromatic N) is 3. The lowest BCUT2D eigenvalue weighted by Gasteiger charge is -2.10. The van der Waals surface area contributed by atoms with Crippen LogP contribution in [0.1, 0.15) is 10.4 Å². The molecule has 1 amide bonds. The van der Waals surface area contributed by atoms with Gasteiger partial charge in [-0.1, -0.05) is 6.07 Å². The van der Waals surface area contributed by atoms with E-state index in [4.69, 9.17) is 5.73 Å². The molecule has 2 aromatic heterocycles. The van der Waals surface area contributed by atoms with E-state index in [9.17, 15) is 9.59 Å². The molecule has 0 saturated carbocycles. The fraction of sp³-hybridized carbons (Fsp3) is 0.0588. The summed E-state index contributed by atoms with van der Waals surface area (Å²) in [5, 5.41) is 6.92. The summed E-state index contributed by atoms with van der Waals surface area (Å²) in [5.74, 6) is 0.0616. The summed E-state index contributed by atoms with van der Waals surface area (Å²) in [6.07, 6.45) is 1.59. The fourth-order valence-electron chi connectivity index (χ4n) is 2.32. The molecule has 3 aromatic rings. The van der Waals surface area contributed by atoms with E-state index in [2.05, 4.69) is 31.3 Å². The van der Waals surface area contributed by atoms with E-state index in [-0.39, 0.29) is 11.5 Å². The second kappa shape index (κ2) is 6.86. The fourth-order valence-corrected chi connectivity index (χ4v) is 2.65. The molecule has 8 heteroatoms. The smallest absolute Gasteiger partial charge is 0.271 e. The number of nitrogens with one attached hydrogen (secondary N) is 1. The third-order valence-corrected chi connectivity index (χ3v) is 3.98. The van der Waals surface area contributed by atoms with Gasteiger partial charge in [0.25, 0.3) is 11.5 Å². The largest absolute Gasteiger partial charge is 0.383 e. The zero-order valence-electron chi connectivity index (χ0n) is 13.2. The van der Waals surface area contributed by atoms with Crippen LogP contribution in [0.25, 0.3) is 16.9 Å². The normalized spacial score (nSPS) is 10.5. The summed E-state index contributed by atoms with van der Waals surface area (Å²) in [6, 6.07) is 11.4. The number of hydrogen-bond donors (Lipinski definition) is 2. The summed E-state index contributed by atoms with van der Waals surface area (Å²) in [5.41, 5.74) is 7.61. The average Bonchev–Trinajstić information content (AvgIpc) is 2.63. The Kier molecular flexibility index (Phi) is 4.62. The molecule has 0 unspecified atom stereocenters. The minimum atomic E-state index is -0.320. The quantitative estimate of drug-likeness (QED) is 0.700. The molecule has 0 aliphatic rings. The first-order chi connectivity index (χ1) is 12.0. The number of carbonyl (C=O) groups excluding carboxylic acids is 1. The lowest BCUT2D eigenvalue weighted by molar-refractivity contribution is 0.0963. The molecule has 0 spiro atoms. The Morgan fingerprint density at radius 2 is 2.04 bits per heavy atom. The number of halogens is 1. The van der Waals surface area contributed by atoms with Gasteiger partial charge in [0.2, 0.25) is 0 Å². The van der Waals surface area contributed by atoms with Crippen LogP contribution in [-0.2, 0) is 0 Å². The molecule has 0 radical (unpaired) electrons. The predicted molar refractivity (Wildman–Crippen MR) is 98.6 cm³/mol. The molecule has 0 saturated heterocycles. The number of hydrogen-bond acceptors (Lipinski definition) is 5.